The average Bonchev–Trinajstić information content (AvgIpc) is 2.60. The van der Waals surface area contributed by atoms with E-state index in [-0.39, 0.29) is 24.7 Å². The van der Waals surface area contributed by atoms with E-state index in [9.17, 15) is 17.6 Å². The summed E-state index contributed by atoms with van der Waals surface area (Å²) in [6.45, 7) is 1.67. The minimum Gasteiger partial charge on any atom is -0.311 e. The fourth-order valence-electron chi connectivity index (χ4n) is 2.59. The van der Waals surface area contributed by atoms with Crippen molar-refractivity contribution in [1.29, 1.82) is 0 Å². The zero-order valence-electron chi connectivity index (χ0n) is 14.7. The van der Waals surface area contributed by atoms with Crippen LogP contribution in [0, 0.1) is 5.82 Å². The lowest BCUT2D eigenvalue weighted by atomic mass is 10.1. The van der Waals surface area contributed by atoms with E-state index in [1.54, 1.807) is 0 Å². The first-order valence-corrected chi connectivity index (χ1v) is 10.1. The number of hydrogen-bond donors (Lipinski definition) is 1. The summed E-state index contributed by atoms with van der Waals surface area (Å²) in [6.07, 6.45) is 1.21. The molecule has 140 valence electrons. The van der Waals surface area contributed by atoms with E-state index in [0.29, 0.717) is 18.5 Å². The first kappa shape index (κ1) is 20.1. The van der Waals surface area contributed by atoms with Crippen LogP contribution in [-0.4, -0.2) is 33.2 Å². The molecule has 0 aliphatic rings. The van der Waals surface area contributed by atoms with Gasteiger partial charge in [-0.15, -0.1) is 0 Å². The van der Waals surface area contributed by atoms with Gasteiger partial charge in [0.05, 0.1) is 5.75 Å². The SMILES string of the molecule is CC(=O)N(CCNS(=O)(=O)CCCc1ccccc1)c1ccc(F)cc1. The quantitative estimate of drug-likeness (QED) is 0.730. The smallest absolute Gasteiger partial charge is 0.223 e. The molecule has 0 aromatic heterocycles. The summed E-state index contributed by atoms with van der Waals surface area (Å²) in [5, 5.41) is 0. The third kappa shape index (κ3) is 6.57. The zero-order valence-corrected chi connectivity index (χ0v) is 15.5. The molecular formula is C19H23FN2O3S. The summed E-state index contributed by atoms with van der Waals surface area (Å²) in [5.41, 5.74) is 1.63. The Kier molecular flexibility index (Phi) is 7.29. The minimum atomic E-state index is -3.41. The van der Waals surface area contributed by atoms with Crippen LogP contribution in [0.15, 0.2) is 54.6 Å². The summed E-state index contributed by atoms with van der Waals surface area (Å²) in [5.74, 6) is -0.602. The maximum Gasteiger partial charge on any atom is 0.223 e. The van der Waals surface area contributed by atoms with E-state index in [2.05, 4.69) is 4.72 Å². The van der Waals surface area contributed by atoms with Gasteiger partial charge >= 0.3 is 0 Å². The Morgan fingerprint density at radius 1 is 1.08 bits per heavy atom. The summed E-state index contributed by atoms with van der Waals surface area (Å²) in [4.78, 5) is 13.2. The second-order valence-corrected chi connectivity index (χ2v) is 7.88. The molecule has 0 aliphatic heterocycles. The Balaban J connectivity index is 1.81. The molecule has 26 heavy (non-hydrogen) atoms. The maximum atomic E-state index is 13.0. The van der Waals surface area contributed by atoms with Crippen molar-refractivity contribution >= 4 is 21.6 Å². The summed E-state index contributed by atoms with van der Waals surface area (Å²) in [7, 11) is -3.41. The molecule has 0 fully saturated rings. The van der Waals surface area contributed by atoms with Gasteiger partial charge in [-0.3, -0.25) is 4.79 Å². The Hall–Kier alpha value is -2.25. The van der Waals surface area contributed by atoms with E-state index >= 15 is 0 Å². The lowest BCUT2D eigenvalue weighted by molar-refractivity contribution is -0.116. The number of carbonyl (C=O) groups excluding carboxylic acids is 1. The molecular weight excluding hydrogens is 355 g/mol. The molecule has 2 rings (SSSR count). The van der Waals surface area contributed by atoms with Crippen LogP contribution in [0.1, 0.15) is 18.9 Å². The number of anilines is 1. The summed E-state index contributed by atoms with van der Waals surface area (Å²) in [6, 6.07) is 15.2. The normalized spacial score (nSPS) is 11.3. The van der Waals surface area contributed by atoms with Crippen molar-refractivity contribution in [2.75, 3.05) is 23.7 Å². The average molecular weight is 378 g/mol. The van der Waals surface area contributed by atoms with Crippen molar-refractivity contribution in [1.82, 2.24) is 4.72 Å². The Morgan fingerprint density at radius 2 is 1.73 bits per heavy atom. The van der Waals surface area contributed by atoms with Crippen LogP contribution < -0.4 is 9.62 Å². The van der Waals surface area contributed by atoms with Gasteiger partial charge in [0.2, 0.25) is 15.9 Å². The first-order valence-electron chi connectivity index (χ1n) is 8.42. The van der Waals surface area contributed by atoms with Crippen LogP contribution >= 0.6 is 0 Å². The number of amides is 1. The molecule has 1 amide bonds. The van der Waals surface area contributed by atoms with Crippen molar-refractivity contribution in [3.63, 3.8) is 0 Å². The third-order valence-electron chi connectivity index (χ3n) is 3.90. The third-order valence-corrected chi connectivity index (χ3v) is 5.37. The van der Waals surface area contributed by atoms with Gasteiger partial charge in [0.15, 0.2) is 0 Å². The van der Waals surface area contributed by atoms with Gasteiger partial charge in [-0.05, 0) is 42.7 Å². The summed E-state index contributed by atoms with van der Waals surface area (Å²) >= 11 is 0. The van der Waals surface area contributed by atoms with Crippen molar-refractivity contribution in [2.24, 2.45) is 0 Å². The van der Waals surface area contributed by atoms with Crippen LogP contribution in [0.5, 0.6) is 0 Å². The molecule has 0 bridgehead atoms. The number of sulfonamides is 1. The number of nitrogens with one attached hydrogen (secondary N) is 1. The highest BCUT2D eigenvalue weighted by Gasteiger charge is 2.14. The van der Waals surface area contributed by atoms with Crippen LogP contribution in [0.3, 0.4) is 0 Å². The lowest BCUT2D eigenvalue weighted by Gasteiger charge is -2.21. The second kappa shape index (κ2) is 9.45. The van der Waals surface area contributed by atoms with Crippen LogP contribution in [0.4, 0.5) is 10.1 Å². The molecule has 0 radical (unpaired) electrons. The zero-order chi connectivity index (χ0) is 19.0. The fraction of sp³-hybridized carbons (Fsp3) is 0.316. The Labute approximate surface area is 153 Å². The fourth-order valence-corrected chi connectivity index (χ4v) is 3.66. The Morgan fingerprint density at radius 3 is 2.35 bits per heavy atom. The van der Waals surface area contributed by atoms with Crippen LogP contribution in [0.25, 0.3) is 0 Å². The Bertz CT molecular complexity index is 808. The molecule has 2 aromatic carbocycles. The molecule has 0 atom stereocenters. The monoisotopic (exact) mass is 378 g/mol. The topological polar surface area (TPSA) is 66.5 Å². The van der Waals surface area contributed by atoms with Gasteiger partial charge in [-0.2, -0.15) is 0 Å². The van der Waals surface area contributed by atoms with E-state index in [0.717, 1.165) is 5.56 Å². The number of hydrogen-bond acceptors (Lipinski definition) is 3. The van der Waals surface area contributed by atoms with Crippen LogP contribution in [0.2, 0.25) is 0 Å². The number of carbonyl (C=O) groups is 1. The highest BCUT2D eigenvalue weighted by molar-refractivity contribution is 7.89. The van der Waals surface area contributed by atoms with Crippen molar-refractivity contribution < 1.29 is 17.6 Å². The van der Waals surface area contributed by atoms with E-state index < -0.39 is 15.8 Å². The molecule has 5 nitrogen and oxygen atoms in total. The van der Waals surface area contributed by atoms with Gasteiger partial charge in [-0.25, -0.2) is 17.5 Å². The summed E-state index contributed by atoms with van der Waals surface area (Å²) < 4.78 is 39.7. The van der Waals surface area contributed by atoms with E-state index in [1.165, 1.54) is 36.1 Å². The molecule has 0 unspecified atom stereocenters. The van der Waals surface area contributed by atoms with Gasteiger partial charge in [0.1, 0.15) is 5.82 Å². The first-order chi connectivity index (χ1) is 12.4. The minimum absolute atomic E-state index is 0.0263. The largest absolute Gasteiger partial charge is 0.311 e. The molecule has 0 saturated heterocycles. The standard InChI is InChI=1S/C19H23FN2O3S/c1-16(23)22(19-11-9-18(20)10-12-19)14-13-21-26(24,25)15-5-8-17-6-3-2-4-7-17/h2-4,6-7,9-12,21H,5,8,13-15H2,1H3. The van der Waals surface area contributed by atoms with Crippen molar-refractivity contribution in [2.45, 2.75) is 19.8 Å². The number of aryl methyl sites for hydroxylation is 1. The molecule has 0 spiro atoms. The maximum absolute atomic E-state index is 13.0. The highest BCUT2D eigenvalue weighted by atomic mass is 32.2. The highest BCUT2D eigenvalue weighted by Crippen LogP contribution is 2.14. The number of benzene rings is 2. The predicted molar refractivity (Wildman–Crippen MR) is 101 cm³/mol. The van der Waals surface area contributed by atoms with Gasteiger partial charge in [-0.1, -0.05) is 30.3 Å². The molecule has 2 aromatic rings. The van der Waals surface area contributed by atoms with Crippen molar-refractivity contribution in [3.05, 3.63) is 66.0 Å². The second-order valence-electron chi connectivity index (χ2n) is 5.95. The molecule has 7 heteroatoms. The van der Waals surface area contributed by atoms with Gasteiger partial charge in [0, 0.05) is 25.7 Å². The van der Waals surface area contributed by atoms with Crippen LogP contribution in [-0.2, 0) is 21.2 Å². The van der Waals surface area contributed by atoms with E-state index in [4.69, 9.17) is 0 Å². The van der Waals surface area contributed by atoms with Crippen molar-refractivity contribution in [3.8, 4) is 0 Å². The number of nitrogens with zero attached hydrogens (tertiary/aromatic N) is 1. The van der Waals surface area contributed by atoms with Gasteiger partial charge < -0.3 is 4.90 Å². The molecule has 0 heterocycles. The molecule has 1 N–H and O–H groups in total. The van der Waals surface area contributed by atoms with Gasteiger partial charge in [0.25, 0.3) is 0 Å². The molecule has 0 aliphatic carbocycles. The lowest BCUT2D eigenvalue weighted by Crippen LogP contribution is -2.38. The molecule has 0 saturated carbocycles. The predicted octanol–water partition coefficient (Wildman–Crippen LogP) is 2.73. The number of halogens is 1. The van der Waals surface area contributed by atoms with E-state index in [1.807, 2.05) is 30.3 Å². The number of rotatable bonds is 9.